The van der Waals surface area contributed by atoms with Crippen molar-refractivity contribution in [3.8, 4) is 5.75 Å². The fourth-order valence-corrected chi connectivity index (χ4v) is 3.33. The SMILES string of the molecule is COc1c(N)nsc1N1CCN(c2ccc(F)cc2)CC1. The number of nitrogens with two attached hydrogens (primary N) is 1. The van der Waals surface area contributed by atoms with E-state index in [0.717, 1.165) is 36.9 Å². The van der Waals surface area contributed by atoms with E-state index in [-0.39, 0.29) is 5.82 Å². The van der Waals surface area contributed by atoms with Crippen LogP contribution in [0.15, 0.2) is 24.3 Å². The zero-order chi connectivity index (χ0) is 14.8. The van der Waals surface area contributed by atoms with Crippen LogP contribution >= 0.6 is 11.5 Å². The molecular weight excluding hydrogens is 291 g/mol. The zero-order valence-electron chi connectivity index (χ0n) is 11.8. The molecule has 0 spiro atoms. The number of rotatable bonds is 3. The van der Waals surface area contributed by atoms with Crippen molar-refractivity contribution in [2.45, 2.75) is 0 Å². The maximum absolute atomic E-state index is 13.0. The van der Waals surface area contributed by atoms with Gasteiger partial charge in [0.15, 0.2) is 16.6 Å². The Bertz CT molecular complexity index is 608. The van der Waals surface area contributed by atoms with E-state index in [1.54, 1.807) is 7.11 Å². The van der Waals surface area contributed by atoms with Gasteiger partial charge in [0, 0.05) is 31.9 Å². The standard InChI is InChI=1S/C14H17FN4OS/c1-20-12-13(16)17-21-14(12)19-8-6-18(7-9-19)11-4-2-10(15)3-5-11/h2-5H,6-9H2,1H3,(H2,16,17). The fraction of sp³-hybridized carbons (Fsp3) is 0.357. The molecule has 5 nitrogen and oxygen atoms in total. The molecule has 1 aromatic heterocycles. The average molecular weight is 308 g/mol. The first kappa shape index (κ1) is 13.9. The predicted molar refractivity (Wildman–Crippen MR) is 83.9 cm³/mol. The highest BCUT2D eigenvalue weighted by Gasteiger charge is 2.23. The second-order valence-corrected chi connectivity index (χ2v) is 5.61. The molecule has 21 heavy (non-hydrogen) atoms. The molecule has 2 N–H and O–H groups in total. The molecule has 0 radical (unpaired) electrons. The van der Waals surface area contributed by atoms with Gasteiger partial charge in [-0.2, -0.15) is 4.37 Å². The number of nitrogens with zero attached hydrogens (tertiary/aromatic N) is 3. The van der Waals surface area contributed by atoms with Crippen molar-refractivity contribution in [2.75, 3.05) is 48.8 Å². The lowest BCUT2D eigenvalue weighted by Gasteiger charge is -2.36. The monoisotopic (exact) mass is 308 g/mol. The molecule has 1 aliphatic heterocycles. The minimum Gasteiger partial charge on any atom is -0.490 e. The van der Waals surface area contributed by atoms with Gasteiger partial charge in [-0.05, 0) is 35.8 Å². The van der Waals surface area contributed by atoms with Crippen LogP contribution in [0.5, 0.6) is 5.75 Å². The van der Waals surface area contributed by atoms with E-state index in [0.29, 0.717) is 11.6 Å². The Morgan fingerprint density at radius 3 is 2.38 bits per heavy atom. The zero-order valence-corrected chi connectivity index (χ0v) is 12.6. The van der Waals surface area contributed by atoms with Crippen LogP contribution in [0.4, 0.5) is 20.9 Å². The minimum atomic E-state index is -0.206. The Labute approximate surface area is 126 Å². The van der Waals surface area contributed by atoms with Gasteiger partial charge in [-0.3, -0.25) is 0 Å². The third kappa shape index (κ3) is 2.73. The molecular formula is C14H17FN4OS. The van der Waals surface area contributed by atoms with E-state index in [4.69, 9.17) is 10.5 Å². The van der Waals surface area contributed by atoms with Crippen LogP contribution in [-0.4, -0.2) is 37.7 Å². The van der Waals surface area contributed by atoms with Gasteiger partial charge in [-0.25, -0.2) is 4.39 Å². The highest BCUT2D eigenvalue weighted by molar-refractivity contribution is 7.11. The number of ether oxygens (including phenoxy) is 1. The summed E-state index contributed by atoms with van der Waals surface area (Å²) < 4.78 is 22.4. The van der Waals surface area contributed by atoms with E-state index in [1.165, 1.54) is 23.7 Å². The topological polar surface area (TPSA) is 54.6 Å². The summed E-state index contributed by atoms with van der Waals surface area (Å²) in [5.74, 6) is 0.899. The number of aromatic nitrogens is 1. The summed E-state index contributed by atoms with van der Waals surface area (Å²) in [4.78, 5) is 4.47. The molecule has 0 unspecified atom stereocenters. The Balaban J connectivity index is 1.68. The molecule has 3 rings (SSSR count). The van der Waals surface area contributed by atoms with Gasteiger partial charge in [0.25, 0.3) is 0 Å². The second-order valence-electron chi connectivity index (χ2n) is 4.86. The highest BCUT2D eigenvalue weighted by atomic mass is 32.1. The van der Waals surface area contributed by atoms with Crippen LogP contribution in [0.2, 0.25) is 0 Å². The lowest BCUT2D eigenvalue weighted by atomic mass is 10.2. The molecule has 1 aliphatic rings. The van der Waals surface area contributed by atoms with Crippen molar-refractivity contribution in [1.82, 2.24) is 4.37 Å². The van der Waals surface area contributed by atoms with Crippen LogP contribution in [0, 0.1) is 5.82 Å². The van der Waals surface area contributed by atoms with Gasteiger partial charge in [0.05, 0.1) is 7.11 Å². The quantitative estimate of drug-likeness (QED) is 0.942. The van der Waals surface area contributed by atoms with Gasteiger partial charge >= 0.3 is 0 Å². The number of piperazine rings is 1. The van der Waals surface area contributed by atoms with E-state index < -0.39 is 0 Å². The van der Waals surface area contributed by atoms with Crippen molar-refractivity contribution in [1.29, 1.82) is 0 Å². The average Bonchev–Trinajstić information content (AvgIpc) is 2.89. The summed E-state index contributed by atoms with van der Waals surface area (Å²) >= 11 is 1.36. The normalized spacial score (nSPS) is 15.3. The molecule has 7 heteroatoms. The van der Waals surface area contributed by atoms with Gasteiger partial charge in [-0.15, -0.1) is 0 Å². The third-order valence-electron chi connectivity index (χ3n) is 3.62. The summed E-state index contributed by atoms with van der Waals surface area (Å²) in [7, 11) is 1.61. The smallest absolute Gasteiger partial charge is 0.197 e. The number of benzene rings is 1. The lowest BCUT2D eigenvalue weighted by molar-refractivity contribution is 0.417. The third-order valence-corrected chi connectivity index (χ3v) is 4.52. The Kier molecular flexibility index (Phi) is 3.83. The van der Waals surface area contributed by atoms with Crippen LogP contribution < -0.4 is 20.3 Å². The van der Waals surface area contributed by atoms with Gasteiger partial charge in [-0.1, -0.05) is 0 Å². The molecule has 112 valence electrons. The van der Waals surface area contributed by atoms with Gasteiger partial charge in [0.1, 0.15) is 5.82 Å². The maximum atomic E-state index is 13.0. The van der Waals surface area contributed by atoms with Crippen molar-refractivity contribution in [3.63, 3.8) is 0 Å². The summed E-state index contributed by atoms with van der Waals surface area (Å²) in [6, 6.07) is 6.62. The molecule has 0 saturated carbocycles. The largest absolute Gasteiger partial charge is 0.490 e. The first-order valence-corrected chi connectivity index (χ1v) is 7.51. The first-order valence-electron chi connectivity index (χ1n) is 6.73. The van der Waals surface area contributed by atoms with Gasteiger partial charge in [0.2, 0.25) is 0 Å². The molecule has 1 fully saturated rings. The molecule has 2 heterocycles. The number of nitrogen functional groups attached to an aromatic ring is 1. The summed E-state index contributed by atoms with van der Waals surface area (Å²) in [5.41, 5.74) is 6.84. The molecule has 0 amide bonds. The Morgan fingerprint density at radius 2 is 1.76 bits per heavy atom. The van der Waals surface area contributed by atoms with E-state index in [2.05, 4.69) is 14.2 Å². The van der Waals surface area contributed by atoms with Crippen molar-refractivity contribution >= 4 is 28.0 Å². The highest BCUT2D eigenvalue weighted by Crippen LogP contribution is 2.38. The number of hydrogen-bond acceptors (Lipinski definition) is 6. The first-order chi connectivity index (χ1) is 10.2. The minimum absolute atomic E-state index is 0.206. The van der Waals surface area contributed by atoms with Crippen molar-refractivity contribution < 1.29 is 9.13 Å². The van der Waals surface area contributed by atoms with E-state index in [1.807, 2.05) is 12.1 Å². The lowest BCUT2D eigenvalue weighted by Crippen LogP contribution is -2.46. The number of halogens is 1. The number of anilines is 3. The summed E-state index contributed by atoms with van der Waals surface area (Å²) in [5, 5.41) is 0.980. The van der Waals surface area contributed by atoms with Crippen molar-refractivity contribution in [3.05, 3.63) is 30.1 Å². The summed E-state index contributed by atoms with van der Waals surface area (Å²) in [6.07, 6.45) is 0. The van der Waals surface area contributed by atoms with E-state index >= 15 is 0 Å². The van der Waals surface area contributed by atoms with Crippen LogP contribution in [0.1, 0.15) is 0 Å². The Hall–Kier alpha value is -2.02. The fourth-order valence-electron chi connectivity index (χ4n) is 2.50. The predicted octanol–water partition coefficient (Wildman–Crippen LogP) is 2.20. The van der Waals surface area contributed by atoms with Crippen LogP contribution in [0.25, 0.3) is 0 Å². The number of hydrogen-bond donors (Lipinski definition) is 1. The van der Waals surface area contributed by atoms with E-state index in [9.17, 15) is 4.39 Å². The molecule has 2 aromatic rings. The maximum Gasteiger partial charge on any atom is 0.197 e. The van der Waals surface area contributed by atoms with Crippen LogP contribution in [-0.2, 0) is 0 Å². The second kappa shape index (κ2) is 5.77. The van der Waals surface area contributed by atoms with Crippen LogP contribution in [0.3, 0.4) is 0 Å². The molecule has 1 aromatic carbocycles. The van der Waals surface area contributed by atoms with Gasteiger partial charge < -0.3 is 20.3 Å². The number of methoxy groups -OCH3 is 1. The molecule has 0 atom stereocenters. The molecule has 1 saturated heterocycles. The Morgan fingerprint density at radius 1 is 1.14 bits per heavy atom. The molecule has 0 bridgehead atoms. The molecule has 0 aliphatic carbocycles. The van der Waals surface area contributed by atoms with Crippen molar-refractivity contribution in [2.24, 2.45) is 0 Å². The summed E-state index contributed by atoms with van der Waals surface area (Å²) in [6.45, 7) is 3.45.